The van der Waals surface area contributed by atoms with E-state index in [9.17, 15) is 9.59 Å². The number of aryl methyl sites for hydroxylation is 1. The van der Waals surface area contributed by atoms with Crippen molar-refractivity contribution in [1.82, 2.24) is 4.90 Å². The van der Waals surface area contributed by atoms with Gasteiger partial charge < -0.3 is 9.80 Å². The molecule has 5 rings (SSSR count). The molecule has 1 aromatic heterocycles. The third kappa shape index (κ3) is 2.97. The molecule has 2 amide bonds. The first-order valence-corrected chi connectivity index (χ1v) is 11.9. The molecule has 2 aliphatic heterocycles. The lowest BCUT2D eigenvalue weighted by Crippen LogP contribution is -2.50. The highest BCUT2D eigenvalue weighted by Gasteiger charge is 2.59. The zero-order valence-corrected chi connectivity index (χ0v) is 18.7. The zero-order chi connectivity index (χ0) is 20.9. The van der Waals surface area contributed by atoms with E-state index in [4.69, 9.17) is 11.6 Å². The summed E-state index contributed by atoms with van der Waals surface area (Å²) in [5.41, 5.74) is 3.85. The van der Waals surface area contributed by atoms with Crippen LogP contribution in [0.2, 0.25) is 5.02 Å². The van der Waals surface area contributed by atoms with Gasteiger partial charge in [-0.1, -0.05) is 47.5 Å². The number of thioether (sulfide) groups is 1. The summed E-state index contributed by atoms with van der Waals surface area (Å²) in [4.78, 5) is 30.4. The molecule has 1 spiro atoms. The first-order chi connectivity index (χ1) is 14.5. The number of hydrogen-bond donors (Lipinski definition) is 0. The number of carbonyl (C=O) groups is 2. The van der Waals surface area contributed by atoms with Crippen molar-refractivity contribution in [3.8, 4) is 0 Å². The molecule has 4 nitrogen and oxygen atoms in total. The second kappa shape index (κ2) is 7.45. The van der Waals surface area contributed by atoms with Crippen LogP contribution in [-0.2, 0) is 16.2 Å². The summed E-state index contributed by atoms with van der Waals surface area (Å²) in [5, 5.41) is 2.45. The van der Waals surface area contributed by atoms with Crippen molar-refractivity contribution in [3.05, 3.63) is 86.6 Å². The van der Waals surface area contributed by atoms with Crippen molar-refractivity contribution in [2.24, 2.45) is 0 Å². The standard InChI is InChI=1S/C23H19ClN2O2S2/c1-15-4-6-16(7-5-15)14-25-19-9-8-17(24)13-18(19)23(22(25)28)26(10-12-30-23)21(27)20-3-2-11-29-20/h2-9,11,13H,10,12,14H2,1H3/t23-/m1/s1. The molecule has 0 unspecified atom stereocenters. The van der Waals surface area contributed by atoms with Crippen molar-refractivity contribution >= 4 is 52.2 Å². The Morgan fingerprint density at radius 1 is 1.17 bits per heavy atom. The van der Waals surface area contributed by atoms with Gasteiger partial charge in [0.15, 0.2) is 4.87 Å². The van der Waals surface area contributed by atoms with E-state index in [1.54, 1.807) is 15.9 Å². The van der Waals surface area contributed by atoms with Crippen molar-refractivity contribution in [2.45, 2.75) is 18.3 Å². The van der Waals surface area contributed by atoms with Crippen LogP contribution in [0.25, 0.3) is 0 Å². The fourth-order valence-electron chi connectivity index (χ4n) is 4.15. The van der Waals surface area contributed by atoms with E-state index in [0.717, 1.165) is 16.8 Å². The number of fused-ring (bicyclic) bond motifs is 2. The summed E-state index contributed by atoms with van der Waals surface area (Å²) < 4.78 is 0. The third-order valence-corrected chi connectivity index (χ3v) is 8.11. The Kier molecular flexibility index (Phi) is 4.88. The Morgan fingerprint density at radius 2 is 1.97 bits per heavy atom. The highest BCUT2D eigenvalue weighted by atomic mass is 35.5. The van der Waals surface area contributed by atoms with Crippen LogP contribution in [0.4, 0.5) is 5.69 Å². The van der Waals surface area contributed by atoms with Crippen molar-refractivity contribution in [1.29, 1.82) is 0 Å². The number of anilines is 1. The number of nitrogens with zero attached hydrogens (tertiary/aromatic N) is 2. The van der Waals surface area contributed by atoms with Gasteiger partial charge in [0.2, 0.25) is 0 Å². The van der Waals surface area contributed by atoms with E-state index >= 15 is 0 Å². The summed E-state index contributed by atoms with van der Waals surface area (Å²) in [6.07, 6.45) is 0. The van der Waals surface area contributed by atoms with E-state index in [1.807, 2.05) is 60.8 Å². The number of amides is 2. The van der Waals surface area contributed by atoms with Crippen molar-refractivity contribution < 1.29 is 9.59 Å². The molecule has 3 heterocycles. The van der Waals surface area contributed by atoms with Gasteiger partial charge in [0.1, 0.15) is 0 Å². The van der Waals surface area contributed by atoms with Crippen molar-refractivity contribution in [3.63, 3.8) is 0 Å². The molecule has 3 aromatic rings. The summed E-state index contributed by atoms with van der Waals surface area (Å²) >= 11 is 9.27. The average Bonchev–Trinajstić information content (AvgIpc) is 3.47. The largest absolute Gasteiger partial charge is 0.310 e. The zero-order valence-electron chi connectivity index (χ0n) is 16.3. The number of rotatable bonds is 3. The predicted molar refractivity (Wildman–Crippen MR) is 123 cm³/mol. The fraction of sp³-hybridized carbons (Fsp3) is 0.217. The van der Waals surface area contributed by atoms with Gasteiger partial charge in [-0.05, 0) is 42.1 Å². The second-order valence-electron chi connectivity index (χ2n) is 7.46. The molecular weight excluding hydrogens is 436 g/mol. The van der Waals surface area contributed by atoms with Gasteiger partial charge in [-0.25, -0.2) is 0 Å². The van der Waals surface area contributed by atoms with Crippen LogP contribution >= 0.6 is 34.7 Å². The Labute approximate surface area is 188 Å². The topological polar surface area (TPSA) is 40.6 Å². The maximum atomic E-state index is 13.9. The average molecular weight is 455 g/mol. The lowest BCUT2D eigenvalue weighted by Gasteiger charge is -2.33. The maximum Gasteiger partial charge on any atom is 0.268 e. The molecule has 0 bridgehead atoms. The predicted octanol–water partition coefficient (Wildman–Crippen LogP) is 5.30. The summed E-state index contributed by atoms with van der Waals surface area (Å²) in [7, 11) is 0. The van der Waals surface area contributed by atoms with Gasteiger partial charge >= 0.3 is 0 Å². The maximum absolute atomic E-state index is 13.9. The molecule has 30 heavy (non-hydrogen) atoms. The summed E-state index contributed by atoms with van der Waals surface area (Å²) in [5.74, 6) is 0.520. The fourth-order valence-corrected chi connectivity index (χ4v) is 6.45. The van der Waals surface area contributed by atoms with Gasteiger partial charge in [-0.3, -0.25) is 9.59 Å². The normalized spacial score (nSPS) is 20.3. The quantitative estimate of drug-likeness (QED) is 0.539. The number of thiophene rings is 1. The summed E-state index contributed by atoms with van der Waals surface area (Å²) in [6.45, 7) is 3.02. The van der Waals surface area contributed by atoms with Crippen LogP contribution in [0.3, 0.4) is 0 Å². The molecular formula is C23H19ClN2O2S2. The van der Waals surface area contributed by atoms with Crippen LogP contribution in [0.5, 0.6) is 0 Å². The molecule has 1 fully saturated rings. The van der Waals surface area contributed by atoms with Crippen LogP contribution in [0, 0.1) is 6.92 Å². The van der Waals surface area contributed by atoms with E-state index in [2.05, 4.69) is 0 Å². The Hall–Kier alpha value is -2.28. The Bertz CT molecular complexity index is 1130. The van der Waals surface area contributed by atoms with E-state index < -0.39 is 4.87 Å². The molecule has 2 aliphatic rings. The molecule has 0 radical (unpaired) electrons. The van der Waals surface area contributed by atoms with Crippen LogP contribution in [-0.4, -0.2) is 29.0 Å². The molecule has 0 saturated carbocycles. The first kappa shape index (κ1) is 19.7. The highest BCUT2D eigenvalue weighted by molar-refractivity contribution is 8.01. The highest BCUT2D eigenvalue weighted by Crippen LogP contribution is 2.55. The van der Waals surface area contributed by atoms with Crippen LogP contribution in [0.1, 0.15) is 26.4 Å². The molecule has 0 N–H and O–H groups in total. The SMILES string of the molecule is Cc1ccc(CN2C(=O)[C@]3(SCCN3C(=O)c3cccs3)c3cc(Cl)ccc32)cc1. The monoisotopic (exact) mass is 454 g/mol. The number of benzene rings is 2. The molecule has 1 atom stereocenters. The van der Waals surface area contributed by atoms with Gasteiger partial charge in [-0.15, -0.1) is 23.1 Å². The minimum absolute atomic E-state index is 0.0762. The van der Waals surface area contributed by atoms with Crippen LogP contribution < -0.4 is 4.90 Å². The molecule has 2 aromatic carbocycles. The smallest absolute Gasteiger partial charge is 0.268 e. The first-order valence-electron chi connectivity index (χ1n) is 9.68. The number of carbonyl (C=O) groups excluding carboxylic acids is 2. The van der Waals surface area contributed by atoms with E-state index in [0.29, 0.717) is 28.7 Å². The van der Waals surface area contributed by atoms with E-state index in [-0.39, 0.29) is 11.8 Å². The second-order valence-corrected chi connectivity index (χ2v) is 10.1. The van der Waals surface area contributed by atoms with Gasteiger partial charge in [0.05, 0.1) is 17.1 Å². The lowest BCUT2D eigenvalue weighted by molar-refractivity contribution is -0.123. The summed E-state index contributed by atoms with van der Waals surface area (Å²) in [6, 6.07) is 17.4. The lowest BCUT2D eigenvalue weighted by atomic mass is 10.1. The third-order valence-electron chi connectivity index (χ3n) is 5.59. The molecule has 7 heteroatoms. The van der Waals surface area contributed by atoms with Gasteiger partial charge in [-0.2, -0.15) is 0 Å². The van der Waals surface area contributed by atoms with Gasteiger partial charge in [0.25, 0.3) is 11.8 Å². The number of hydrogen-bond acceptors (Lipinski definition) is 4. The molecule has 1 saturated heterocycles. The Balaban J connectivity index is 1.60. The van der Waals surface area contributed by atoms with E-state index in [1.165, 1.54) is 28.7 Å². The van der Waals surface area contributed by atoms with Crippen LogP contribution in [0.15, 0.2) is 60.0 Å². The molecule has 152 valence electrons. The minimum Gasteiger partial charge on any atom is -0.310 e. The number of halogens is 1. The molecule has 0 aliphatic carbocycles. The Morgan fingerprint density at radius 3 is 2.70 bits per heavy atom. The minimum atomic E-state index is -1.06. The van der Waals surface area contributed by atoms with Crippen molar-refractivity contribution in [2.75, 3.05) is 17.2 Å². The van der Waals surface area contributed by atoms with Gasteiger partial charge in [0, 0.05) is 22.9 Å².